The zero-order valence-corrected chi connectivity index (χ0v) is 16.2. The van der Waals surface area contributed by atoms with Crippen LogP contribution in [0.1, 0.15) is 37.3 Å². The summed E-state index contributed by atoms with van der Waals surface area (Å²) >= 11 is 0. The Bertz CT molecular complexity index is 886. The molecule has 4 atom stereocenters. The smallest absolute Gasteiger partial charge is 0.119 e. The van der Waals surface area contributed by atoms with E-state index in [-0.39, 0.29) is 5.41 Å². The van der Waals surface area contributed by atoms with E-state index in [1.54, 1.807) is 0 Å². The van der Waals surface area contributed by atoms with Crippen LogP contribution in [0.15, 0.2) is 67.8 Å². The van der Waals surface area contributed by atoms with Crippen molar-refractivity contribution in [2.45, 2.75) is 31.6 Å². The van der Waals surface area contributed by atoms with Crippen molar-refractivity contribution in [1.29, 1.82) is 0 Å². The summed E-state index contributed by atoms with van der Waals surface area (Å²) in [6.07, 6.45) is 8.08. The first-order valence-corrected chi connectivity index (χ1v) is 10.3. The van der Waals surface area contributed by atoms with E-state index in [1.165, 1.54) is 41.5 Å². The van der Waals surface area contributed by atoms with Crippen LogP contribution in [0.25, 0.3) is 11.1 Å². The molecule has 0 radical (unpaired) electrons. The predicted molar refractivity (Wildman–Crippen MR) is 112 cm³/mol. The molecule has 4 unspecified atom stereocenters. The van der Waals surface area contributed by atoms with Crippen LogP contribution in [0, 0.1) is 23.7 Å². The Kier molecular flexibility index (Phi) is 3.82. The molecule has 1 spiro atoms. The Balaban J connectivity index is 1.67. The number of benzene rings is 2. The number of fused-ring (bicyclic) bond motifs is 6. The van der Waals surface area contributed by atoms with E-state index in [4.69, 9.17) is 4.74 Å². The monoisotopic (exact) mass is 356 g/mol. The molecule has 1 heteroatoms. The summed E-state index contributed by atoms with van der Waals surface area (Å²) in [6.45, 7) is 11.1. The highest BCUT2D eigenvalue weighted by atomic mass is 16.5. The van der Waals surface area contributed by atoms with Gasteiger partial charge in [0.05, 0.1) is 6.61 Å². The fourth-order valence-corrected chi connectivity index (χ4v) is 6.47. The second kappa shape index (κ2) is 6.12. The van der Waals surface area contributed by atoms with Crippen molar-refractivity contribution in [2.24, 2.45) is 23.7 Å². The average molecular weight is 357 g/mol. The highest BCUT2D eigenvalue weighted by Crippen LogP contribution is 2.65. The van der Waals surface area contributed by atoms with Gasteiger partial charge in [-0.2, -0.15) is 0 Å². The van der Waals surface area contributed by atoms with Crippen LogP contribution >= 0.6 is 0 Å². The molecule has 0 bridgehead atoms. The maximum Gasteiger partial charge on any atom is 0.119 e. The largest absolute Gasteiger partial charge is 0.494 e. The van der Waals surface area contributed by atoms with E-state index in [2.05, 4.69) is 74.7 Å². The van der Waals surface area contributed by atoms with Crippen molar-refractivity contribution < 1.29 is 4.74 Å². The second-order valence-corrected chi connectivity index (χ2v) is 8.54. The molecule has 0 amide bonds. The molecule has 3 aliphatic rings. The van der Waals surface area contributed by atoms with Crippen LogP contribution in [0.4, 0.5) is 0 Å². The van der Waals surface area contributed by atoms with Gasteiger partial charge in [-0.15, -0.1) is 13.2 Å². The fraction of sp³-hybridized carbons (Fsp3) is 0.385. The molecule has 3 aliphatic carbocycles. The Morgan fingerprint density at radius 3 is 2.30 bits per heavy atom. The van der Waals surface area contributed by atoms with Crippen molar-refractivity contribution in [2.75, 3.05) is 6.61 Å². The predicted octanol–water partition coefficient (Wildman–Crippen LogP) is 6.39. The van der Waals surface area contributed by atoms with Crippen molar-refractivity contribution in [3.05, 3.63) is 78.9 Å². The Labute approximate surface area is 162 Å². The van der Waals surface area contributed by atoms with Gasteiger partial charge in [0.15, 0.2) is 0 Å². The molecule has 2 saturated carbocycles. The first-order valence-electron chi connectivity index (χ1n) is 10.3. The van der Waals surface area contributed by atoms with Crippen LogP contribution in [-0.4, -0.2) is 6.61 Å². The first-order chi connectivity index (χ1) is 13.2. The molecule has 2 aromatic carbocycles. The zero-order chi connectivity index (χ0) is 18.6. The second-order valence-electron chi connectivity index (χ2n) is 8.54. The summed E-state index contributed by atoms with van der Waals surface area (Å²) in [5.41, 5.74) is 5.95. The van der Waals surface area contributed by atoms with Gasteiger partial charge in [-0.3, -0.25) is 0 Å². The maximum atomic E-state index is 5.88. The van der Waals surface area contributed by atoms with E-state index in [0.717, 1.165) is 5.75 Å². The molecule has 27 heavy (non-hydrogen) atoms. The average Bonchev–Trinajstić information content (AvgIpc) is 3.32. The summed E-state index contributed by atoms with van der Waals surface area (Å²) in [4.78, 5) is 0. The van der Waals surface area contributed by atoms with Crippen LogP contribution in [0.2, 0.25) is 0 Å². The molecule has 138 valence electrons. The normalized spacial score (nSPS) is 32.8. The number of ether oxygens (including phenoxy) is 1. The van der Waals surface area contributed by atoms with Crippen molar-refractivity contribution in [3.63, 3.8) is 0 Å². The van der Waals surface area contributed by atoms with Crippen molar-refractivity contribution in [1.82, 2.24) is 0 Å². The van der Waals surface area contributed by atoms with Gasteiger partial charge >= 0.3 is 0 Å². The lowest BCUT2D eigenvalue weighted by atomic mass is 9.73. The van der Waals surface area contributed by atoms with Gasteiger partial charge in [-0.1, -0.05) is 42.5 Å². The van der Waals surface area contributed by atoms with Gasteiger partial charge in [-0.05, 0) is 84.2 Å². The molecular weight excluding hydrogens is 328 g/mol. The fourth-order valence-electron chi connectivity index (χ4n) is 6.47. The number of rotatable bonds is 4. The molecule has 0 aromatic heterocycles. The number of allylic oxidation sites excluding steroid dienone is 2. The molecule has 0 aliphatic heterocycles. The van der Waals surface area contributed by atoms with E-state index in [9.17, 15) is 0 Å². The lowest BCUT2D eigenvalue weighted by Gasteiger charge is -2.30. The third kappa shape index (κ3) is 2.24. The Morgan fingerprint density at radius 1 is 0.963 bits per heavy atom. The SMILES string of the molecule is C=CC1CC(C=C)C2CC3(CC12)c1ccccc1-c1ccc(OCC)cc13. The lowest BCUT2D eigenvalue weighted by molar-refractivity contribution is 0.338. The van der Waals surface area contributed by atoms with Crippen LogP contribution < -0.4 is 4.74 Å². The third-order valence-corrected chi connectivity index (χ3v) is 7.52. The lowest BCUT2D eigenvalue weighted by Crippen LogP contribution is -2.23. The highest BCUT2D eigenvalue weighted by molar-refractivity contribution is 5.82. The van der Waals surface area contributed by atoms with Crippen molar-refractivity contribution >= 4 is 0 Å². The van der Waals surface area contributed by atoms with Gasteiger partial charge in [0, 0.05) is 5.41 Å². The quantitative estimate of drug-likeness (QED) is 0.577. The van der Waals surface area contributed by atoms with Gasteiger partial charge in [0.1, 0.15) is 5.75 Å². The summed E-state index contributed by atoms with van der Waals surface area (Å²) in [6, 6.07) is 15.8. The Morgan fingerprint density at radius 2 is 1.63 bits per heavy atom. The summed E-state index contributed by atoms with van der Waals surface area (Å²) in [7, 11) is 0. The van der Waals surface area contributed by atoms with Gasteiger partial charge in [0.25, 0.3) is 0 Å². The molecule has 1 nitrogen and oxygen atoms in total. The molecule has 0 heterocycles. The Hall–Kier alpha value is -2.28. The first kappa shape index (κ1) is 16.9. The topological polar surface area (TPSA) is 9.23 Å². The highest BCUT2D eigenvalue weighted by Gasteiger charge is 2.57. The minimum absolute atomic E-state index is 0.122. The van der Waals surface area contributed by atoms with Crippen LogP contribution in [-0.2, 0) is 5.41 Å². The molecule has 5 rings (SSSR count). The summed E-state index contributed by atoms with van der Waals surface area (Å²) < 4.78 is 5.88. The molecule has 2 aromatic rings. The van der Waals surface area contributed by atoms with Gasteiger partial charge < -0.3 is 4.74 Å². The third-order valence-electron chi connectivity index (χ3n) is 7.52. The molecular formula is C26H28O. The van der Waals surface area contributed by atoms with Gasteiger partial charge in [0.2, 0.25) is 0 Å². The summed E-state index contributed by atoms with van der Waals surface area (Å²) in [5, 5.41) is 0. The minimum atomic E-state index is 0.122. The van der Waals surface area contributed by atoms with E-state index < -0.39 is 0 Å². The van der Waals surface area contributed by atoms with Crippen LogP contribution in [0.3, 0.4) is 0 Å². The number of hydrogen-bond acceptors (Lipinski definition) is 1. The van der Waals surface area contributed by atoms with Crippen molar-refractivity contribution in [3.8, 4) is 16.9 Å². The van der Waals surface area contributed by atoms with Crippen LogP contribution in [0.5, 0.6) is 5.75 Å². The zero-order valence-electron chi connectivity index (χ0n) is 16.2. The molecule has 2 fully saturated rings. The standard InChI is InChI=1S/C26H28O/c1-4-17-13-18(5-2)23-16-26(15-22(17)23)24-10-8-7-9-20(24)21-12-11-19(27-6-3)14-25(21)26/h4-5,7-12,14,17-18,22-23H,1-2,6,13,15-16H2,3H3. The van der Waals surface area contributed by atoms with E-state index >= 15 is 0 Å². The molecule has 0 N–H and O–H groups in total. The maximum absolute atomic E-state index is 5.88. The minimum Gasteiger partial charge on any atom is -0.494 e. The van der Waals surface area contributed by atoms with E-state index in [0.29, 0.717) is 30.3 Å². The number of hydrogen-bond donors (Lipinski definition) is 0. The summed E-state index contributed by atoms with van der Waals surface area (Å²) in [5.74, 6) is 3.65. The molecule has 0 saturated heterocycles. The van der Waals surface area contributed by atoms with Gasteiger partial charge in [-0.25, -0.2) is 0 Å². The van der Waals surface area contributed by atoms with E-state index in [1.807, 2.05) is 0 Å².